The van der Waals surface area contributed by atoms with Crippen molar-refractivity contribution in [2.45, 2.75) is 31.7 Å². The molecule has 31 heavy (non-hydrogen) atoms. The van der Waals surface area contributed by atoms with Crippen molar-refractivity contribution in [1.82, 2.24) is 20.6 Å². The first-order valence-electron chi connectivity index (χ1n) is 9.98. The van der Waals surface area contributed by atoms with Gasteiger partial charge in [-0.2, -0.15) is 5.10 Å². The van der Waals surface area contributed by atoms with Crippen LogP contribution in [-0.4, -0.2) is 34.0 Å². The Morgan fingerprint density at radius 1 is 1.03 bits per heavy atom. The molecule has 1 heterocycles. The van der Waals surface area contributed by atoms with Crippen LogP contribution in [0.5, 0.6) is 5.75 Å². The van der Waals surface area contributed by atoms with Crippen molar-refractivity contribution in [2.75, 3.05) is 12.4 Å². The summed E-state index contributed by atoms with van der Waals surface area (Å²) in [6.45, 7) is 4.83. The predicted octanol–water partition coefficient (Wildman–Crippen LogP) is 2.76. The SMILES string of the molecule is CCCn1nc(C(=O)NNC(=O)CSc2ccc(OCC)cc2)c2ccccc2c1=O. The van der Waals surface area contributed by atoms with Crippen LogP contribution in [0.15, 0.2) is 58.2 Å². The Morgan fingerprint density at radius 3 is 2.42 bits per heavy atom. The number of nitrogens with zero attached hydrogens (tertiary/aromatic N) is 2. The van der Waals surface area contributed by atoms with Gasteiger partial charge in [0.2, 0.25) is 5.91 Å². The van der Waals surface area contributed by atoms with E-state index in [1.54, 1.807) is 24.3 Å². The number of ether oxygens (including phenoxy) is 1. The van der Waals surface area contributed by atoms with E-state index in [-0.39, 0.29) is 22.9 Å². The number of rotatable bonds is 8. The van der Waals surface area contributed by atoms with Crippen molar-refractivity contribution in [3.63, 3.8) is 0 Å². The molecule has 0 atom stereocenters. The van der Waals surface area contributed by atoms with E-state index in [1.165, 1.54) is 16.4 Å². The van der Waals surface area contributed by atoms with Gasteiger partial charge in [-0.1, -0.05) is 25.1 Å². The molecule has 0 saturated heterocycles. The molecule has 0 aliphatic heterocycles. The molecule has 0 aliphatic rings. The van der Waals surface area contributed by atoms with Crippen molar-refractivity contribution in [1.29, 1.82) is 0 Å². The molecule has 0 spiro atoms. The number of benzene rings is 2. The summed E-state index contributed by atoms with van der Waals surface area (Å²) in [6, 6.07) is 14.2. The summed E-state index contributed by atoms with van der Waals surface area (Å²) in [4.78, 5) is 38.3. The fourth-order valence-electron chi connectivity index (χ4n) is 2.94. The standard InChI is InChI=1S/C22H24N4O4S/c1-3-13-26-22(29)18-8-6-5-7-17(18)20(25-26)21(28)24-23-19(27)14-31-16-11-9-15(10-12-16)30-4-2/h5-12H,3-4,13-14H2,1-2H3,(H,23,27)(H,24,28). The molecule has 3 aromatic rings. The van der Waals surface area contributed by atoms with Crippen LogP contribution in [0.2, 0.25) is 0 Å². The van der Waals surface area contributed by atoms with E-state index in [9.17, 15) is 14.4 Å². The van der Waals surface area contributed by atoms with Gasteiger partial charge in [0.15, 0.2) is 5.69 Å². The molecule has 1 aromatic heterocycles. The number of aryl methyl sites for hydroxylation is 1. The summed E-state index contributed by atoms with van der Waals surface area (Å²) in [5.74, 6) is -0.0517. The molecule has 0 radical (unpaired) electrons. The molecule has 3 rings (SSSR count). The quantitative estimate of drug-likeness (QED) is 0.413. The zero-order valence-electron chi connectivity index (χ0n) is 17.4. The number of fused-ring (bicyclic) bond motifs is 1. The second kappa shape index (κ2) is 10.6. The van der Waals surface area contributed by atoms with Gasteiger partial charge in [-0.15, -0.1) is 11.8 Å². The van der Waals surface area contributed by atoms with Gasteiger partial charge in [0.1, 0.15) is 5.75 Å². The average molecular weight is 441 g/mol. The third-order valence-electron chi connectivity index (χ3n) is 4.34. The summed E-state index contributed by atoms with van der Waals surface area (Å²) in [5, 5.41) is 5.06. The minimum atomic E-state index is -0.583. The van der Waals surface area contributed by atoms with Gasteiger partial charge in [-0.05, 0) is 43.7 Å². The highest BCUT2D eigenvalue weighted by Gasteiger charge is 2.17. The number of aromatic nitrogens is 2. The number of carbonyl (C=O) groups excluding carboxylic acids is 2. The van der Waals surface area contributed by atoms with E-state index < -0.39 is 5.91 Å². The maximum absolute atomic E-state index is 12.7. The smallest absolute Gasteiger partial charge is 0.290 e. The van der Waals surface area contributed by atoms with Crippen LogP contribution in [0.25, 0.3) is 10.8 Å². The Balaban J connectivity index is 1.63. The van der Waals surface area contributed by atoms with Gasteiger partial charge in [0.05, 0.1) is 17.7 Å². The van der Waals surface area contributed by atoms with E-state index in [1.807, 2.05) is 38.1 Å². The molecule has 8 nitrogen and oxygen atoms in total. The number of carbonyl (C=O) groups is 2. The van der Waals surface area contributed by atoms with Crippen molar-refractivity contribution >= 4 is 34.3 Å². The molecular formula is C22H24N4O4S. The first kappa shape index (κ1) is 22.4. The largest absolute Gasteiger partial charge is 0.494 e. The Morgan fingerprint density at radius 2 is 1.74 bits per heavy atom. The fourth-order valence-corrected chi connectivity index (χ4v) is 3.63. The zero-order chi connectivity index (χ0) is 22.2. The molecule has 2 aromatic carbocycles. The van der Waals surface area contributed by atoms with E-state index >= 15 is 0 Å². The van der Waals surface area contributed by atoms with Crippen molar-refractivity contribution in [2.24, 2.45) is 0 Å². The molecule has 0 aliphatic carbocycles. The van der Waals surface area contributed by atoms with Gasteiger partial charge in [0.25, 0.3) is 11.5 Å². The van der Waals surface area contributed by atoms with Crippen molar-refractivity contribution < 1.29 is 14.3 Å². The summed E-state index contributed by atoms with van der Waals surface area (Å²) >= 11 is 1.34. The highest BCUT2D eigenvalue weighted by atomic mass is 32.2. The van der Waals surface area contributed by atoms with E-state index in [4.69, 9.17) is 4.74 Å². The van der Waals surface area contributed by atoms with Crippen LogP contribution in [0.3, 0.4) is 0 Å². The van der Waals surface area contributed by atoms with E-state index in [0.29, 0.717) is 30.3 Å². The lowest BCUT2D eigenvalue weighted by atomic mass is 10.1. The topological polar surface area (TPSA) is 102 Å². The molecule has 0 bridgehead atoms. The summed E-state index contributed by atoms with van der Waals surface area (Å²) < 4.78 is 6.67. The normalized spacial score (nSPS) is 10.6. The monoisotopic (exact) mass is 440 g/mol. The highest BCUT2D eigenvalue weighted by molar-refractivity contribution is 8.00. The molecule has 162 valence electrons. The Hall–Kier alpha value is -3.33. The van der Waals surface area contributed by atoms with Crippen LogP contribution in [-0.2, 0) is 11.3 Å². The average Bonchev–Trinajstić information content (AvgIpc) is 2.79. The van der Waals surface area contributed by atoms with E-state index in [2.05, 4.69) is 16.0 Å². The molecule has 2 N–H and O–H groups in total. The fraction of sp³-hybridized carbons (Fsp3) is 0.273. The minimum Gasteiger partial charge on any atom is -0.494 e. The molecule has 0 saturated carbocycles. The van der Waals surface area contributed by atoms with Crippen LogP contribution >= 0.6 is 11.8 Å². The first-order chi connectivity index (χ1) is 15.0. The lowest BCUT2D eigenvalue weighted by molar-refractivity contribution is -0.119. The number of hydrogen-bond donors (Lipinski definition) is 2. The first-order valence-corrected chi connectivity index (χ1v) is 11.0. The summed E-state index contributed by atoms with van der Waals surface area (Å²) in [5.41, 5.74) is 4.63. The number of hydrogen-bond acceptors (Lipinski definition) is 6. The molecule has 9 heteroatoms. The lowest BCUT2D eigenvalue weighted by Crippen LogP contribution is -2.43. The second-order valence-electron chi connectivity index (χ2n) is 6.62. The van der Waals surface area contributed by atoms with Gasteiger partial charge in [-0.25, -0.2) is 4.68 Å². The number of amides is 2. The van der Waals surface area contributed by atoms with Gasteiger partial charge in [0, 0.05) is 16.8 Å². The van der Waals surface area contributed by atoms with Gasteiger partial charge >= 0.3 is 0 Å². The molecule has 0 fully saturated rings. The van der Waals surface area contributed by atoms with Crippen LogP contribution in [0, 0.1) is 0 Å². The maximum atomic E-state index is 12.7. The summed E-state index contributed by atoms with van der Waals surface area (Å²) in [7, 11) is 0. The molecule has 2 amide bonds. The number of thioether (sulfide) groups is 1. The zero-order valence-corrected chi connectivity index (χ0v) is 18.2. The Labute approximate surface area is 183 Å². The van der Waals surface area contributed by atoms with Crippen LogP contribution in [0.4, 0.5) is 0 Å². The minimum absolute atomic E-state index is 0.0862. The third-order valence-corrected chi connectivity index (χ3v) is 5.35. The molecular weight excluding hydrogens is 416 g/mol. The third kappa shape index (κ3) is 5.64. The maximum Gasteiger partial charge on any atom is 0.290 e. The van der Waals surface area contributed by atoms with E-state index in [0.717, 1.165) is 10.6 Å². The van der Waals surface area contributed by atoms with Crippen molar-refractivity contribution in [3.05, 3.63) is 64.6 Å². The Kier molecular flexibility index (Phi) is 7.66. The van der Waals surface area contributed by atoms with Crippen molar-refractivity contribution in [3.8, 4) is 5.75 Å². The predicted molar refractivity (Wildman–Crippen MR) is 120 cm³/mol. The summed E-state index contributed by atoms with van der Waals surface area (Å²) in [6.07, 6.45) is 0.700. The van der Waals surface area contributed by atoms with Gasteiger partial charge in [-0.3, -0.25) is 25.2 Å². The Bertz CT molecular complexity index is 1130. The number of nitrogens with one attached hydrogen (secondary N) is 2. The van der Waals surface area contributed by atoms with Crippen LogP contribution in [0.1, 0.15) is 30.8 Å². The second-order valence-corrected chi connectivity index (χ2v) is 7.67. The van der Waals surface area contributed by atoms with Crippen LogP contribution < -0.4 is 21.1 Å². The molecule has 0 unspecified atom stereocenters. The van der Waals surface area contributed by atoms with Gasteiger partial charge < -0.3 is 4.74 Å². The number of hydrazine groups is 1. The lowest BCUT2D eigenvalue weighted by Gasteiger charge is -2.11. The highest BCUT2D eigenvalue weighted by Crippen LogP contribution is 2.21.